The number of benzene rings is 1. The zero-order valence-corrected chi connectivity index (χ0v) is 11.5. The second-order valence-corrected chi connectivity index (χ2v) is 6.24. The Morgan fingerprint density at radius 3 is 2.44 bits per heavy atom. The third-order valence-corrected chi connectivity index (χ3v) is 4.67. The maximum absolute atomic E-state index is 12.5. The van der Waals surface area contributed by atoms with Crippen molar-refractivity contribution in [1.82, 2.24) is 4.90 Å². The van der Waals surface area contributed by atoms with E-state index in [0.29, 0.717) is 24.6 Å². The summed E-state index contributed by atoms with van der Waals surface area (Å²) in [4.78, 5) is 14.3. The van der Waals surface area contributed by atoms with Crippen LogP contribution in [0.5, 0.6) is 0 Å². The number of carbonyl (C=O) groups excluding carboxylic acids is 1. The summed E-state index contributed by atoms with van der Waals surface area (Å²) < 4.78 is 11.3. The predicted molar refractivity (Wildman–Crippen MR) is 73.9 cm³/mol. The van der Waals surface area contributed by atoms with Gasteiger partial charge in [0.25, 0.3) is 0 Å². The lowest BCUT2D eigenvalue weighted by molar-refractivity contribution is -0.132. The highest BCUT2D eigenvalue weighted by molar-refractivity contribution is 7.85. The average molecular weight is 265 g/mol. The van der Waals surface area contributed by atoms with Crippen LogP contribution in [0, 0.1) is 0 Å². The molecule has 0 radical (unpaired) electrons. The monoisotopic (exact) mass is 265 g/mol. The van der Waals surface area contributed by atoms with Crippen LogP contribution < -0.4 is 0 Å². The quantitative estimate of drug-likeness (QED) is 0.835. The molecule has 1 amide bonds. The molecule has 1 atom stereocenters. The van der Waals surface area contributed by atoms with Crippen molar-refractivity contribution < 1.29 is 9.00 Å². The molecule has 1 aliphatic rings. The lowest BCUT2D eigenvalue weighted by Gasteiger charge is -2.30. The van der Waals surface area contributed by atoms with Gasteiger partial charge in [0.1, 0.15) is 0 Å². The molecule has 18 heavy (non-hydrogen) atoms. The summed E-state index contributed by atoms with van der Waals surface area (Å²) >= 11 is 0. The Balaban J connectivity index is 2.09. The molecule has 3 nitrogen and oxygen atoms in total. The van der Waals surface area contributed by atoms with Crippen molar-refractivity contribution in [2.75, 3.05) is 24.6 Å². The minimum atomic E-state index is -0.731. The van der Waals surface area contributed by atoms with Gasteiger partial charge in [-0.05, 0) is 12.0 Å². The summed E-state index contributed by atoms with van der Waals surface area (Å²) in [5, 5.41) is 0. The zero-order chi connectivity index (χ0) is 13.0. The molecule has 1 aromatic rings. The molecule has 1 saturated heterocycles. The van der Waals surface area contributed by atoms with Gasteiger partial charge in [-0.25, -0.2) is 0 Å². The molecule has 0 unspecified atom stereocenters. The van der Waals surface area contributed by atoms with E-state index in [4.69, 9.17) is 0 Å². The van der Waals surface area contributed by atoms with Crippen LogP contribution >= 0.6 is 0 Å². The molecule has 1 heterocycles. The average Bonchev–Trinajstić information content (AvgIpc) is 2.41. The highest BCUT2D eigenvalue weighted by Crippen LogP contribution is 2.22. The van der Waals surface area contributed by atoms with Gasteiger partial charge in [0.05, 0.1) is 5.92 Å². The van der Waals surface area contributed by atoms with Gasteiger partial charge in [0, 0.05) is 35.4 Å². The van der Waals surface area contributed by atoms with Gasteiger partial charge in [-0.2, -0.15) is 0 Å². The Morgan fingerprint density at radius 2 is 1.89 bits per heavy atom. The number of rotatable bonds is 3. The van der Waals surface area contributed by atoms with Crippen molar-refractivity contribution in [1.29, 1.82) is 0 Å². The van der Waals surface area contributed by atoms with Gasteiger partial charge in [-0.3, -0.25) is 9.00 Å². The van der Waals surface area contributed by atoms with Crippen molar-refractivity contribution in [2.24, 2.45) is 0 Å². The molecule has 98 valence electrons. The topological polar surface area (TPSA) is 37.4 Å². The van der Waals surface area contributed by atoms with E-state index >= 15 is 0 Å². The van der Waals surface area contributed by atoms with E-state index < -0.39 is 10.8 Å². The smallest absolute Gasteiger partial charge is 0.230 e. The summed E-state index contributed by atoms with van der Waals surface area (Å²) in [6.45, 7) is 3.31. The van der Waals surface area contributed by atoms with Crippen molar-refractivity contribution in [3.63, 3.8) is 0 Å². The number of carbonyl (C=O) groups is 1. The van der Waals surface area contributed by atoms with Crippen LogP contribution in [0.3, 0.4) is 0 Å². The standard InChI is InChI=1S/C14H19NO2S/c1-2-13(12-6-4-3-5-7-12)14(16)15-8-10-18(17)11-9-15/h3-7,13H,2,8-11H2,1H3/t13-/m1/s1. The highest BCUT2D eigenvalue weighted by Gasteiger charge is 2.26. The first kappa shape index (κ1) is 13.3. The van der Waals surface area contributed by atoms with Gasteiger partial charge in [-0.1, -0.05) is 37.3 Å². The summed E-state index contributed by atoms with van der Waals surface area (Å²) in [5.41, 5.74) is 1.08. The van der Waals surface area contributed by atoms with Gasteiger partial charge in [-0.15, -0.1) is 0 Å². The van der Waals surface area contributed by atoms with E-state index in [1.807, 2.05) is 42.2 Å². The van der Waals surface area contributed by atoms with Crippen LogP contribution in [0.2, 0.25) is 0 Å². The highest BCUT2D eigenvalue weighted by atomic mass is 32.2. The molecule has 0 spiro atoms. The van der Waals surface area contributed by atoms with E-state index in [0.717, 1.165) is 12.0 Å². The van der Waals surface area contributed by atoms with Crippen LogP contribution in [0.25, 0.3) is 0 Å². The van der Waals surface area contributed by atoms with E-state index in [9.17, 15) is 9.00 Å². The van der Waals surface area contributed by atoms with E-state index in [1.54, 1.807) is 0 Å². The summed E-state index contributed by atoms with van der Waals surface area (Å²) in [6.07, 6.45) is 0.808. The molecule has 2 rings (SSSR count). The second-order valence-electron chi connectivity index (χ2n) is 4.54. The Morgan fingerprint density at radius 1 is 1.28 bits per heavy atom. The Hall–Kier alpha value is -1.16. The Kier molecular flexibility index (Phi) is 4.53. The summed E-state index contributed by atoms with van der Waals surface area (Å²) in [7, 11) is -0.731. The fourth-order valence-electron chi connectivity index (χ4n) is 2.32. The van der Waals surface area contributed by atoms with Crippen LogP contribution in [-0.4, -0.2) is 39.6 Å². The summed E-state index contributed by atoms with van der Waals surface area (Å²) in [6, 6.07) is 9.92. The lowest BCUT2D eigenvalue weighted by Crippen LogP contribution is -2.43. The van der Waals surface area contributed by atoms with Crippen LogP contribution in [-0.2, 0) is 15.6 Å². The third kappa shape index (κ3) is 2.99. The molecular formula is C14H19NO2S. The maximum atomic E-state index is 12.5. The first-order chi connectivity index (χ1) is 8.72. The van der Waals surface area contributed by atoms with Crippen molar-refractivity contribution in [2.45, 2.75) is 19.3 Å². The molecule has 0 aliphatic carbocycles. The fraction of sp³-hybridized carbons (Fsp3) is 0.500. The molecule has 0 aromatic heterocycles. The first-order valence-electron chi connectivity index (χ1n) is 6.41. The zero-order valence-electron chi connectivity index (χ0n) is 10.7. The summed E-state index contributed by atoms with van der Waals surface area (Å²) in [5.74, 6) is 1.37. The van der Waals surface area contributed by atoms with E-state index in [2.05, 4.69) is 0 Å². The largest absolute Gasteiger partial charge is 0.340 e. The Bertz CT molecular complexity index is 423. The fourth-order valence-corrected chi connectivity index (χ4v) is 3.37. The Labute approximate surface area is 111 Å². The van der Waals surface area contributed by atoms with Gasteiger partial charge in [0.15, 0.2) is 0 Å². The number of hydrogen-bond acceptors (Lipinski definition) is 2. The molecule has 0 bridgehead atoms. The molecular weight excluding hydrogens is 246 g/mol. The third-order valence-electron chi connectivity index (χ3n) is 3.40. The molecule has 0 saturated carbocycles. The molecule has 1 fully saturated rings. The molecule has 0 N–H and O–H groups in total. The maximum Gasteiger partial charge on any atom is 0.230 e. The van der Waals surface area contributed by atoms with Gasteiger partial charge >= 0.3 is 0 Å². The number of hydrogen-bond donors (Lipinski definition) is 0. The number of amides is 1. The molecule has 4 heteroatoms. The minimum absolute atomic E-state index is 0.0577. The molecule has 1 aromatic carbocycles. The van der Waals surface area contributed by atoms with Crippen LogP contribution in [0.15, 0.2) is 30.3 Å². The first-order valence-corrected chi connectivity index (χ1v) is 7.90. The SMILES string of the molecule is CC[C@@H](C(=O)N1CCS(=O)CC1)c1ccccc1. The normalized spacial score (nSPS) is 18.6. The van der Waals surface area contributed by atoms with E-state index in [-0.39, 0.29) is 11.8 Å². The van der Waals surface area contributed by atoms with Crippen molar-refractivity contribution in [3.05, 3.63) is 35.9 Å². The second kappa shape index (κ2) is 6.14. The van der Waals surface area contributed by atoms with Crippen molar-refractivity contribution >= 4 is 16.7 Å². The van der Waals surface area contributed by atoms with Crippen LogP contribution in [0.4, 0.5) is 0 Å². The van der Waals surface area contributed by atoms with E-state index in [1.165, 1.54) is 0 Å². The predicted octanol–water partition coefficient (Wildman–Crippen LogP) is 1.77. The van der Waals surface area contributed by atoms with Gasteiger partial charge in [0.2, 0.25) is 5.91 Å². The lowest BCUT2D eigenvalue weighted by atomic mass is 9.95. The number of nitrogens with zero attached hydrogens (tertiary/aromatic N) is 1. The van der Waals surface area contributed by atoms with Gasteiger partial charge < -0.3 is 4.90 Å². The van der Waals surface area contributed by atoms with Crippen LogP contribution in [0.1, 0.15) is 24.8 Å². The minimum Gasteiger partial charge on any atom is -0.340 e. The van der Waals surface area contributed by atoms with Crippen molar-refractivity contribution in [3.8, 4) is 0 Å². The molecule has 1 aliphatic heterocycles.